The van der Waals surface area contributed by atoms with Gasteiger partial charge in [-0.1, -0.05) is 29.3 Å². The van der Waals surface area contributed by atoms with Crippen molar-refractivity contribution in [3.63, 3.8) is 0 Å². The van der Waals surface area contributed by atoms with E-state index >= 15 is 0 Å². The van der Waals surface area contributed by atoms with Gasteiger partial charge >= 0.3 is 0 Å². The van der Waals surface area contributed by atoms with Crippen LogP contribution in [0, 0.1) is 11.5 Å². The lowest BCUT2D eigenvalue weighted by Crippen LogP contribution is -2.17. The van der Waals surface area contributed by atoms with Gasteiger partial charge in [0.25, 0.3) is 0 Å². The van der Waals surface area contributed by atoms with Crippen LogP contribution in [0.4, 0.5) is 0 Å². The maximum absolute atomic E-state index is 8.60. The van der Waals surface area contributed by atoms with Crippen molar-refractivity contribution in [1.82, 2.24) is 9.55 Å². The monoisotopic (exact) mass is 264 g/mol. The van der Waals surface area contributed by atoms with Gasteiger partial charge in [-0.3, -0.25) is 4.57 Å². The van der Waals surface area contributed by atoms with Gasteiger partial charge in [-0.15, -0.1) is 0 Å². The number of rotatable bonds is 1. The second kappa shape index (κ2) is 5.00. The van der Waals surface area contributed by atoms with E-state index in [1.54, 1.807) is 41.4 Å². The van der Waals surface area contributed by atoms with Crippen molar-refractivity contribution in [3.05, 3.63) is 52.3 Å². The molecule has 2 aromatic rings. The molecule has 17 heavy (non-hydrogen) atoms. The minimum atomic E-state index is 0.241. The van der Waals surface area contributed by atoms with E-state index in [2.05, 4.69) is 9.98 Å². The molecule has 4 nitrogen and oxygen atoms in total. The maximum atomic E-state index is 8.60. The first-order valence-electron chi connectivity index (χ1n) is 4.64. The lowest BCUT2D eigenvalue weighted by atomic mass is 10.4. The predicted molar refractivity (Wildman–Crippen MR) is 64.8 cm³/mol. The molecule has 0 aliphatic heterocycles. The Kier molecular flexibility index (Phi) is 3.43. The van der Waals surface area contributed by atoms with Gasteiger partial charge in [-0.2, -0.15) is 10.3 Å². The molecule has 0 atom stereocenters. The summed E-state index contributed by atoms with van der Waals surface area (Å²) in [6.07, 6.45) is 5.07. The third kappa shape index (κ3) is 2.47. The van der Waals surface area contributed by atoms with E-state index in [0.717, 1.165) is 0 Å². The average Bonchev–Trinajstić information content (AvgIpc) is 2.34. The maximum Gasteiger partial charge on any atom is 0.207 e. The van der Waals surface area contributed by atoms with E-state index in [-0.39, 0.29) is 5.15 Å². The molecule has 0 saturated heterocycles. The fourth-order valence-corrected chi connectivity index (χ4v) is 1.60. The Labute approximate surface area is 107 Å². The molecule has 84 valence electrons. The van der Waals surface area contributed by atoms with Crippen LogP contribution < -0.4 is 5.49 Å². The van der Waals surface area contributed by atoms with E-state index in [1.807, 2.05) is 6.07 Å². The Balaban J connectivity index is 2.65. The van der Waals surface area contributed by atoms with Gasteiger partial charge in [0.1, 0.15) is 10.6 Å². The molecule has 0 spiro atoms. The summed E-state index contributed by atoms with van der Waals surface area (Å²) in [7, 11) is 0. The summed E-state index contributed by atoms with van der Waals surface area (Å²) in [4.78, 5) is 7.64. The second-order valence-corrected chi connectivity index (χ2v) is 3.87. The van der Waals surface area contributed by atoms with Crippen LogP contribution in [0.5, 0.6) is 0 Å². The third-order valence-corrected chi connectivity index (χ3v) is 2.75. The second-order valence-electron chi connectivity index (χ2n) is 3.11. The van der Waals surface area contributed by atoms with Crippen molar-refractivity contribution in [1.29, 1.82) is 5.26 Å². The molecule has 0 aromatic carbocycles. The molecule has 0 saturated carbocycles. The van der Waals surface area contributed by atoms with Crippen LogP contribution >= 0.6 is 23.2 Å². The van der Waals surface area contributed by atoms with Crippen molar-refractivity contribution in [3.8, 4) is 11.9 Å². The molecule has 2 rings (SSSR count). The highest BCUT2D eigenvalue weighted by atomic mass is 35.5. The lowest BCUT2D eigenvalue weighted by Gasteiger charge is -2.06. The highest BCUT2D eigenvalue weighted by molar-refractivity contribution is 6.41. The zero-order valence-electron chi connectivity index (χ0n) is 8.51. The molecule has 0 aliphatic carbocycles. The number of hydrogen-bond acceptors (Lipinski definition) is 3. The van der Waals surface area contributed by atoms with Crippen LogP contribution in [0.15, 0.2) is 41.7 Å². The van der Waals surface area contributed by atoms with Crippen molar-refractivity contribution < 1.29 is 0 Å². The first kappa shape index (κ1) is 11.6. The van der Waals surface area contributed by atoms with E-state index < -0.39 is 0 Å². The van der Waals surface area contributed by atoms with E-state index in [0.29, 0.717) is 16.2 Å². The Morgan fingerprint density at radius 1 is 1.35 bits per heavy atom. The largest absolute Gasteiger partial charge is 0.300 e. The number of pyridine rings is 2. The van der Waals surface area contributed by atoms with E-state index in [4.69, 9.17) is 28.5 Å². The van der Waals surface area contributed by atoms with Gasteiger partial charge < -0.3 is 0 Å². The quantitative estimate of drug-likeness (QED) is 0.587. The predicted octanol–water partition coefficient (Wildman–Crippen LogP) is 2.56. The summed E-state index contributed by atoms with van der Waals surface area (Å²) >= 11 is 11.6. The minimum Gasteiger partial charge on any atom is -0.300 e. The minimum absolute atomic E-state index is 0.241. The van der Waals surface area contributed by atoms with Crippen molar-refractivity contribution in [2.75, 3.05) is 0 Å². The molecule has 6 heteroatoms. The van der Waals surface area contributed by atoms with E-state index in [9.17, 15) is 0 Å². The molecule has 0 N–H and O–H groups in total. The summed E-state index contributed by atoms with van der Waals surface area (Å²) in [6.45, 7) is 0. The van der Waals surface area contributed by atoms with Crippen LogP contribution in [0.2, 0.25) is 10.2 Å². The van der Waals surface area contributed by atoms with Crippen molar-refractivity contribution in [2.24, 2.45) is 4.99 Å². The smallest absolute Gasteiger partial charge is 0.207 e. The number of hydrogen-bond donors (Lipinski definition) is 0. The highest BCUT2D eigenvalue weighted by Gasteiger charge is 2.02. The SMILES string of the molecule is N#C/N=c1\ccccn1-c1cnc(Cl)c(Cl)c1. The lowest BCUT2D eigenvalue weighted by molar-refractivity contribution is 0.943. The Bertz CT molecular complexity index is 655. The Morgan fingerprint density at radius 2 is 2.18 bits per heavy atom. The number of aromatic nitrogens is 2. The van der Waals surface area contributed by atoms with Gasteiger partial charge in [0.15, 0.2) is 0 Å². The molecular formula is C11H6Cl2N4. The summed E-state index contributed by atoms with van der Waals surface area (Å²) in [5.74, 6) is 0. The van der Waals surface area contributed by atoms with Crippen LogP contribution in [-0.2, 0) is 0 Å². The van der Waals surface area contributed by atoms with Crippen LogP contribution in [0.1, 0.15) is 0 Å². The van der Waals surface area contributed by atoms with Crippen LogP contribution in [0.3, 0.4) is 0 Å². The molecule has 2 heterocycles. The number of nitriles is 1. The van der Waals surface area contributed by atoms with Gasteiger partial charge in [0, 0.05) is 6.20 Å². The fourth-order valence-electron chi connectivity index (χ4n) is 1.34. The molecule has 0 aliphatic rings. The average molecular weight is 265 g/mol. The zero-order valence-corrected chi connectivity index (χ0v) is 10.0. The molecule has 0 radical (unpaired) electrons. The third-order valence-electron chi connectivity index (χ3n) is 2.06. The van der Waals surface area contributed by atoms with Crippen LogP contribution in [-0.4, -0.2) is 9.55 Å². The van der Waals surface area contributed by atoms with Gasteiger partial charge in [0.2, 0.25) is 6.19 Å². The summed E-state index contributed by atoms with van der Waals surface area (Å²) in [6, 6.07) is 6.98. The summed E-state index contributed by atoms with van der Waals surface area (Å²) < 4.78 is 1.69. The van der Waals surface area contributed by atoms with Gasteiger partial charge in [-0.05, 0) is 18.2 Å². The van der Waals surface area contributed by atoms with Crippen LogP contribution in [0.25, 0.3) is 5.69 Å². The highest BCUT2D eigenvalue weighted by Crippen LogP contribution is 2.20. The molecule has 0 bridgehead atoms. The fraction of sp³-hybridized carbons (Fsp3) is 0. The Morgan fingerprint density at radius 3 is 2.88 bits per heavy atom. The normalized spacial score (nSPS) is 11.2. The van der Waals surface area contributed by atoms with Crippen molar-refractivity contribution in [2.45, 2.75) is 0 Å². The Hall–Kier alpha value is -1.83. The first-order chi connectivity index (χ1) is 8.22. The molecular weight excluding hydrogens is 259 g/mol. The van der Waals surface area contributed by atoms with Gasteiger partial charge in [0.05, 0.1) is 16.9 Å². The standard InChI is InChI=1S/C11H6Cl2N4/c12-9-5-8(6-15-11(9)13)17-4-2-1-3-10(17)16-7-14/h1-6H/b16-10+. The molecule has 2 aromatic heterocycles. The molecule has 0 amide bonds. The number of nitrogens with zero attached hydrogens (tertiary/aromatic N) is 4. The first-order valence-corrected chi connectivity index (χ1v) is 5.40. The topological polar surface area (TPSA) is 54.0 Å². The summed E-state index contributed by atoms with van der Waals surface area (Å²) in [5, 5.41) is 9.19. The molecule has 0 unspecified atom stereocenters. The van der Waals surface area contributed by atoms with Gasteiger partial charge in [-0.25, -0.2) is 4.98 Å². The summed E-state index contributed by atoms with van der Waals surface area (Å²) in [5.41, 5.74) is 1.18. The zero-order chi connectivity index (χ0) is 12.3. The van der Waals surface area contributed by atoms with Crippen molar-refractivity contribution >= 4 is 23.2 Å². The molecule has 0 fully saturated rings. The number of halogens is 2. The van der Waals surface area contributed by atoms with E-state index in [1.165, 1.54) is 0 Å².